The first kappa shape index (κ1) is 16.0. The molecule has 0 aliphatic heterocycles. The molecule has 0 saturated carbocycles. The maximum atomic E-state index is 12.5. The Kier molecular flexibility index (Phi) is 4.46. The molecule has 0 saturated heterocycles. The van der Waals surface area contributed by atoms with E-state index in [2.05, 4.69) is 0 Å². The van der Waals surface area contributed by atoms with Crippen molar-refractivity contribution in [3.8, 4) is 0 Å². The number of aliphatic hydroxyl groups is 1. The van der Waals surface area contributed by atoms with Crippen molar-refractivity contribution in [1.82, 2.24) is 0 Å². The van der Waals surface area contributed by atoms with Gasteiger partial charge in [0.25, 0.3) is 5.69 Å². The first-order chi connectivity index (χ1) is 10.3. The number of nitrogens with zero attached hydrogens (tertiary/aromatic N) is 1. The lowest BCUT2D eigenvalue weighted by Gasteiger charge is -2.13. The summed E-state index contributed by atoms with van der Waals surface area (Å²) in [5.74, 6) is 0. The predicted octanol–water partition coefficient (Wildman–Crippen LogP) is 3.89. The number of rotatable bonds is 4. The third-order valence-corrected chi connectivity index (χ3v) is 3.20. The van der Waals surface area contributed by atoms with Crippen LogP contribution in [-0.4, -0.2) is 10.0 Å². The summed E-state index contributed by atoms with van der Waals surface area (Å²) in [5, 5.41) is 20.6. The van der Waals surface area contributed by atoms with Gasteiger partial charge in [-0.1, -0.05) is 24.3 Å². The van der Waals surface area contributed by atoms with E-state index >= 15 is 0 Å². The second-order valence-electron chi connectivity index (χ2n) is 4.76. The van der Waals surface area contributed by atoms with Crippen molar-refractivity contribution >= 4 is 5.69 Å². The smallest absolute Gasteiger partial charge is 0.388 e. The van der Waals surface area contributed by atoms with Crippen molar-refractivity contribution in [2.75, 3.05) is 0 Å². The van der Waals surface area contributed by atoms with Crippen molar-refractivity contribution in [3.63, 3.8) is 0 Å². The molecule has 0 heterocycles. The van der Waals surface area contributed by atoms with Gasteiger partial charge in [-0.2, -0.15) is 13.2 Å². The molecule has 1 unspecified atom stereocenters. The van der Waals surface area contributed by atoms with E-state index in [-0.39, 0.29) is 12.1 Å². The molecule has 0 aromatic heterocycles. The Hall–Kier alpha value is -2.41. The fraction of sp³-hybridized carbons (Fsp3) is 0.200. The number of non-ortho nitro benzene ring substituents is 1. The van der Waals surface area contributed by atoms with Crippen molar-refractivity contribution in [1.29, 1.82) is 0 Å². The first-order valence-corrected chi connectivity index (χ1v) is 6.36. The lowest BCUT2D eigenvalue weighted by molar-refractivity contribution is -0.384. The zero-order valence-electron chi connectivity index (χ0n) is 11.2. The monoisotopic (exact) mass is 311 g/mol. The normalized spacial score (nSPS) is 12.9. The number of hydrogen-bond donors (Lipinski definition) is 1. The van der Waals surface area contributed by atoms with Crippen LogP contribution < -0.4 is 0 Å². The SMILES string of the molecule is O=[N+]([O-])c1ccc(CC(O)c2ccc(C(F)(F)F)cc2)cc1. The van der Waals surface area contributed by atoms with Crippen LogP contribution in [0.4, 0.5) is 18.9 Å². The van der Waals surface area contributed by atoms with E-state index in [1.54, 1.807) is 0 Å². The highest BCUT2D eigenvalue weighted by Gasteiger charge is 2.30. The van der Waals surface area contributed by atoms with Gasteiger partial charge in [-0.25, -0.2) is 0 Å². The number of aliphatic hydroxyl groups excluding tert-OH is 1. The minimum Gasteiger partial charge on any atom is -0.388 e. The van der Waals surface area contributed by atoms with Gasteiger partial charge in [0.15, 0.2) is 0 Å². The lowest BCUT2D eigenvalue weighted by Crippen LogP contribution is -2.06. The average molecular weight is 311 g/mol. The molecule has 0 aliphatic carbocycles. The van der Waals surface area contributed by atoms with Crippen LogP contribution >= 0.6 is 0 Å². The highest BCUT2D eigenvalue weighted by molar-refractivity contribution is 5.34. The van der Waals surface area contributed by atoms with Gasteiger partial charge in [-0.3, -0.25) is 10.1 Å². The molecule has 2 rings (SSSR count). The van der Waals surface area contributed by atoms with E-state index in [1.165, 1.54) is 36.4 Å². The summed E-state index contributed by atoms with van der Waals surface area (Å²) in [6, 6.07) is 9.90. The minimum absolute atomic E-state index is 0.0623. The molecule has 0 amide bonds. The predicted molar refractivity (Wildman–Crippen MR) is 73.2 cm³/mol. The van der Waals surface area contributed by atoms with Crippen LogP contribution in [0.5, 0.6) is 0 Å². The summed E-state index contributed by atoms with van der Waals surface area (Å²) in [4.78, 5) is 10.0. The summed E-state index contributed by atoms with van der Waals surface area (Å²) in [6.45, 7) is 0. The second kappa shape index (κ2) is 6.15. The molecule has 0 radical (unpaired) electrons. The van der Waals surface area contributed by atoms with Crippen LogP contribution in [0, 0.1) is 10.1 Å². The van der Waals surface area contributed by atoms with Crippen molar-refractivity contribution in [2.45, 2.75) is 18.7 Å². The molecule has 1 atom stereocenters. The summed E-state index contributed by atoms with van der Waals surface area (Å²) in [5.41, 5.74) is 0.163. The van der Waals surface area contributed by atoms with Crippen molar-refractivity contribution in [2.24, 2.45) is 0 Å². The van der Waals surface area contributed by atoms with Crippen molar-refractivity contribution < 1.29 is 23.2 Å². The minimum atomic E-state index is -4.41. The quantitative estimate of drug-likeness (QED) is 0.688. The Morgan fingerprint density at radius 2 is 1.59 bits per heavy atom. The van der Waals surface area contributed by atoms with E-state index in [4.69, 9.17) is 0 Å². The summed E-state index contributed by atoms with van der Waals surface area (Å²) in [7, 11) is 0. The Balaban J connectivity index is 2.08. The molecule has 2 aromatic rings. The Labute approximate surface area is 124 Å². The number of halogens is 3. The third kappa shape index (κ3) is 3.82. The number of alkyl halides is 3. The van der Waals surface area contributed by atoms with E-state index < -0.39 is 22.8 Å². The maximum Gasteiger partial charge on any atom is 0.416 e. The lowest BCUT2D eigenvalue weighted by atomic mass is 10.00. The Bertz CT molecular complexity index is 651. The summed E-state index contributed by atoms with van der Waals surface area (Å²) >= 11 is 0. The molecule has 4 nitrogen and oxygen atoms in total. The fourth-order valence-electron chi connectivity index (χ4n) is 1.99. The van der Waals surface area contributed by atoms with Crippen molar-refractivity contribution in [3.05, 3.63) is 75.3 Å². The van der Waals surface area contributed by atoms with Crippen LogP contribution in [0.1, 0.15) is 22.8 Å². The van der Waals surface area contributed by atoms with E-state index in [1.807, 2.05) is 0 Å². The maximum absolute atomic E-state index is 12.5. The molecule has 22 heavy (non-hydrogen) atoms. The van der Waals surface area contributed by atoms with E-state index in [0.29, 0.717) is 11.1 Å². The van der Waals surface area contributed by atoms with Crippen LogP contribution in [0.15, 0.2) is 48.5 Å². The largest absolute Gasteiger partial charge is 0.416 e. The van der Waals surface area contributed by atoms with E-state index in [0.717, 1.165) is 12.1 Å². The highest BCUT2D eigenvalue weighted by atomic mass is 19.4. The molecular formula is C15H12F3NO3. The average Bonchev–Trinajstić information content (AvgIpc) is 2.47. The van der Waals surface area contributed by atoms with Gasteiger partial charge in [0.05, 0.1) is 16.6 Å². The van der Waals surface area contributed by atoms with Gasteiger partial charge in [-0.15, -0.1) is 0 Å². The number of benzene rings is 2. The zero-order valence-corrected chi connectivity index (χ0v) is 11.2. The van der Waals surface area contributed by atoms with Crippen LogP contribution in [0.2, 0.25) is 0 Å². The standard InChI is InChI=1S/C15H12F3NO3/c16-15(17,18)12-5-3-11(4-6-12)14(20)9-10-1-7-13(8-2-10)19(21)22/h1-8,14,20H,9H2. The molecular weight excluding hydrogens is 299 g/mol. The van der Waals surface area contributed by atoms with Crippen LogP contribution in [0.3, 0.4) is 0 Å². The first-order valence-electron chi connectivity index (χ1n) is 6.36. The topological polar surface area (TPSA) is 63.4 Å². The second-order valence-corrected chi connectivity index (χ2v) is 4.76. The summed E-state index contributed by atoms with van der Waals surface area (Å²) < 4.78 is 37.4. The van der Waals surface area contributed by atoms with Gasteiger partial charge in [0.1, 0.15) is 0 Å². The molecule has 0 bridgehead atoms. The van der Waals surface area contributed by atoms with Crippen LogP contribution in [0.25, 0.3) is 0 Å². The van der Waals surface area contributed by atoms with Gasteiger partial charge >= 0.3 is 6.18 Å². The molecule has 0 aliphatic rings. The Morgan fingerprint density at radius 3 is 2.05 bits per heavy atom. The summed E-state index contributed by atoms with van der Waals surface area (Å²) in [6.07, 6.45) is -5.24. The number of nitro groups is 1. The Morgan fingerprint density at radius 1 is 1.05 bits per heavy atom. The van der Waals surface area contributed by atoms with Crippen LogP contribution in [-0.2, 0) is 12.6 Å². The molecule has 0 spiro atoms. The molecule has 116 valence electrons. The van der Waals surface area contributed by atoms with Gasteiger partial charge in [-0.05, 0) is 23.3 Å². The van der Waals surface area contributed by atoms with E-state index in [9.17, 15) is 28.4 Å². The molecule has 7 heteroatoms. The molecule has 0 fully saturated rings. The number of nitro benzene ring substituents is 1. The fourth-order valence-corrected chi connectivity index (χ4v) is 1.99. The third-order valence-electron chi connectivity index (χ3n) is 3.20. The number of hydrogen-bond acceptors (Lipinski definition) is 3. The van der Waals surface area contributed by atoms with Gasteiger partial charge < -0.3 is 5.11 Å². The highest BCUT2D eigenvalue weighted by Crippen LogP contribution is 2.30. The molecule has 2 aromatic carbocycles. The molecule has 1 N–H and O–H groups in total. The van der Waals surface area contributed by atoms with Gasteiger partial charge in [0, 0.05) is 18.6 Å². The zero-order chi connectivity index (χ0) is 16.3. The van der Waals surface area contributed by atoms with Gasteiger partial charge in [0.2, 0.25) is 0 Å².